The lowest BCUT2D eigenvalue weighted by atomic mass is 9.33. The van der Waals surface area contributed by atoms with Crippen molar-refractivity contribution in [2.24, 2.45) is 0 Å². The molecule has 4 heterocycles. The molecule has 9 rings (SSSR count). The van der Waals surface area contributed by atoms with Crippen LogP contribution in [0, 0.1) is 0 Å². The van der Waals surface area contributed by atoms with Gasteiger partial charge in [0, 0.05) is 11.4 Å². The minimum absolute atomic E-state index is 0.0846. The van der Waals surface area contributed by atoms with E-state index in [0.29, 0.717) is 0 Å². The zero-order valence-corrected chi connectivity index (χ0v) is 18.6. The summed E-state index contributed by atoms with van der Waals surface area (Å²) in [5.41, 5.74) is 10.6. The predicted molar refractivity (Wildman–Crippen MR) is 141 cm³/mol. The first kappa shape index (κ1) is 17.8. The van der Waals surface area contributed by atoms with E-state index in [-0.39, 0.29) is 6.71 Å². The van der Waals surface area contributed by atoms with Crippen molar-refractivity contribution in [3.63, 3.8) is 0 Å². The van der Waals surface area contributed by atoms with Crippen molar-refractivity contribution in [1.82, 2.24) is 0 Å². The first-order chi connectivity index (χ1) is 17.4. The van der Waals surface area contributed by atoms with Crippen LogP contribution in [0.4, 0.5) is 34.1 Å². The molecule has 0 saturated heterocycles. The topological polar surface area (TPSA) is 24.9 Å². The van der Waals surface area contributed by atoms with E-state index in [1.54, 1.807) is 0 Å². The van der Waals surface area contributed by atoms with Gasteiger partial charge in [-0.05, 0) is 64.9 Å². The Kier molecular flexibility index (Phi) is 3.09. The largest absolute Gasteiger partial charge is 0.453 e. The van der Waals surface area contributed by atoms with E-state index in [0.717, 1.165) is 45.7 Å². The fraction of sp³-hybridized carbons (Fsp3) is 0. The SMILES string of the molecule is c1ccc2c(c1)Oc1cccc3c1N2c1cccc2c1B3c1cccc3c1N2c1ccccc1O3. The summed E-state index contributed by atoms with van der Waals surface area (Å²) in [6.07, 6.45) is 0. The summed E-state index contributed by atoms with van der Waals surface area (Å²) in [6, 6.07) is 36.1. The van der Waals surface area contributed by atoms with Crippen LogP contribution < -0.4 is 35.7 Å². The van der Waals surface area contributed by atoms with Gasteiger partial charge in [-0.15, -0.1) is 0 Å². The third-order valence-electron chi connectivity index (χ3n) is 7.61. The molecule has 0 aliphatic carbocycles. The van der Waals surface area contributed by atoms with Crippen LogP contribution in [-0.4, -0.2) is 6.71 Å². The lowest BCUT2D eigenvalue weighted by molar-refractivity contribution is 0.477. The maximum atomic E-state index is 6.42. The second kappa shape index (κ2) is 6.07. The second-order valence-electron chi connectivity index (χ2n) is 9.34. The van der Waals surface area contributed by atoms with Crippen molar-refractivity contribution in [3.8, 4) is 23.0 Å². The summed E-state index contributed by atoms with van der Waals surface area (Å²) in [6.45, 7) is 0.0846. The Labute approximate surface area is 202 Å². The average molecular weight is 448 g/mol. The predicted octanol–water partition coefficient (Wildman–Crippen LogP) is 5.98. The number of ether oxygens (including phenoxy) is 2. The van der Waals surface area contributed by atoms with Gasteiger partial charge in [-0.25, -0.2) is 0 Å². The highest BCUT2D eigenvalue weighted by atomic mass is 16.5. The van der Waals surface area contributed by atoms with E-state index >= 15 is 0 Å². The highest BCUT2D eigenvalue weighted by molar-refractivity contribution is 7.00. The Balaban J connectivity index is 1.43. The quantitative estimate of drug-likeness (QED) is 0.267. The van der Waals surface area contributed by atoms with Gasteiger partial charge in [0.25, 0.3) is 6.71 Å². The average Bonchev–Trinajstić information content (AvgIpc) is 2.91. The molecule has 4 aliphatic heterocycles. The molecule has 0 saturated carbocycles. The summed E-state index contributed by atoms with van der Waals surface area (Å²) in [5, 5.41) is 0. The lowest BCUT2D eigenvalue weighted by Gasteiger charge is -2.47. The summed E-state index contributed by atoms with van der Waals surface area (Å²) >= 11 is 0. The van der Waals surface area contributed by atoms with Gasteiger partial charge in [-0.2, -0.15) is 0 Å². The van der Waals surface area contributed by atoms with Crippen LogP contribution in [0.5, 0.6) is 23.0 Å². The van der Waals surface area contributed by atoms with Crippen LogP contribution >= 0.6 is 0 Å². The summed E-state index contributed by atoms with van der Waals surface area (Å²) < 4.78 is 12.8. The molecule has 162 valence electrons. The van der Waals surface area contributed by atoms with Crippen LogP contribution in [0.25, 0.3) is 0 Å². The van der Waals surface area contributed by atoms with Gasteiger partial charge in [-0.3, -0.25) is 0 Å². The van der Waals surface area contributed by atoms with Gasteiger partial charge in [-0.1, -0.05) is 54.6 Å². The molecule has 0 bridgehead atoms. The zero-order valence-electron chi connectivity index (χ0n) is 18.6. The van der Waals surface area contributed by atoms with Crippen molar-refractivity contribution < 1.29 is 9.47 Å². The van der Waals surface area contributed by atoms with E-state index in [1.807, 2.05) is 24.3 Å². The smallest absolute Gasteiger partial charge is 0.252 e. The molecule has 35 heavy (non-hydrogen) atoms. The molecule has 0 aromatic heterocycles. The maximum absolute atomic E-state index is 6.42. The van der Waals surface area contributed by atoms with Crippen molar-refractivity contribution in [2.75, 3.05) is 9.80 Å². The Morgan fingerprint density at radius 3 is 1.40 bits per heavy atom. The molecule has 5 aromatic rings. The number of fused-ring (bicyclic) bond motifs is 8. The van der Waals surface area contributed by atoms with Gasteiger partial charge in [0.2, 0.25) is 0 Å². The number of para-hydroxylation sites is 6. The molecule has 0 N–H and O–H groups in total. The number of nitrogens with zero attached hydrogens (tertiary/aromatic N) is 2. The fourth-order valence-corrected chi connectivity index (χ4v) is 6.33. The van der Waals surface area contributed by atoms with Crippen LogP contribution in [-0.2, 0) is 0 Å². The zero-order chi connectivity index (χ0) is 22.7. The van der Waals surface area contributed by atoms with E-state index < -0.39 is 0 Å². The van der Waals surface area contributed by atoms with Gasteiger partial charge >= 0.3 is 0 Å². The Hall–Kier alpha value is -4.64. The van der Waals surface area contributed by atoms with E-state index in [4.69, 9.17) is 9.47 Å². The molecular formula is C30H17BN2O2. The highest BCUT2D eigenvalue weighted by Gasteiger charge is 2.47. The van der Waals surface area contributed by atoms with E-state index in [2.05, 4.69) is 88.7 Å². The first-order valence-corrected chi connectivity index (χ1v) is 11.9. The molecular weight excluding hydrogens is 431 g/mol. The van der Waals surface area contributed by atoms with Gasteiger partial charge in [0.15, 0.2) is 23.0 Å². The van der Waals surface area contributed by atoms with Gasteiger partial charge in [0.05, 0.1) is 22.7 Å². The number of hydrogen-bond donors (Lipinski definition) is 0. The standard InChI is InChI=1S/C30H17BN2O2/c1-3-14-24-20(10-1)32-22-12-7-13-23-28(22)31(18-8-5-16-26(34-24)29(18)32)19-9-6-17-27-30(19)33(23)21-11-2-4-15-25(21)35-27/h1-17H. The Bertz CT molecular complexity index is 1620. The molecule has 0 fully saturated rings. The monoisotopic (exact) mass is 448 g/mol. The van der Waals surface area contributed by atoms with Crippen LogP contribution in [0.1, 0.15) is 0 Å². The van der Waals surface area contributed by atoms with Crippen molar-refractivity contribution >= 4 is 57.2 Å². The van der Waals surface area contributed by atoms with E-state index in [9.17, 15) is 0 Å². The highest BCUT2D eigenvalue weighted by Crippen LogP contribution is 2.55. The van der Waals surface area contributed by atoms with Gasteiger partial charge in [0.1, 0.15) is 0 Å². The minimum atomic E-state index is 0.0846. The number of benzene rings is 5. The van der Waals surface area contributed by atoms with E-state index in [1.165, 1.54) is 27.8 Å². The van der Waals surface area contributed by atoms with Crippen LogP contribution in [0.3, 0.4) is 0 Å². The van der Waals surface area contributed by atoms with Crippen molar-refractivity contribution in [3.05, 3.63) is 103 Å². The lowest BCUT2D eigenvalue weighted by Crippen LogP contribution is -2.61. The number of hydrogen-bond acceptors (Lipinski definition) is 4. The van der Waals surface area contributed by atoms with Crippen molar-refractivity contribution in [1.29, 1.82) is 0 Å². The molecule has 0 atom stereocenters. The van der Waals surface area contributed by atoms with Crippen molar-refractivity contribution in [2.45, 2.75) is 0 Å². The third kappa shape index (κ3) is 2.06. The molecule has 0 radical (unpaired) electrons. The van der Waals surface area contributed by atoms with Crippen LogP contribution in [0.15, 0.2) is 103 Å². The second-order valence-corrected chi connectivity index (χ2v) is 9.34. The summed E-state index contributed by atoms with van der Waals surface area (Å²) in [5.74, 6) is 3.55. The first-order valence-electron chi connectivity index (χ1n) is 11.9. The van der Waals surface area contributed by atoms with Gasteiger partial charge < -0.3 is 19.3 Å². The van der Waals surface area contributed by atoms with Crippen LogP contribution in [0.2, 0.25) is 0 Å². The molecule has 0 unspecified atom stereocenters. The Morgan fingerprint density at radius 1 is 0.429 bits per heavy atom. The maximum Gasteiger partial charge on any atom is 0.252 e. The Morgan fingerprint density at radius 2 is 0.857 bits per heavy atom. The summed E-state index contributed by atoms with van der Waals surface area (Å²) in [4.78, 5) is 4.78. The molecule has 4 nitrogen and oxygen atoms in total. The minimum Gasteiger partial charge on any atom is -0.453 e. The molecule has 0 spiro atoms. The normalized spacial score (nSPS) is 14.6. The molecule has 5 heteroatoms. The number of anilines is 6. The molecule has 4 aliphatic rings. The third-order valence-corrected chi connectivity index (χ3v) is 7.61. The molecule has 0 amide bonds. The molecule has 5 aromatic carbocycles. The number of rotatable bonds is 0. The fourth-order valence-electron chi connectivity index (χ4n) is 6.33. The summed E-state index contributed by atoms with van der Waals surface area (Å²) in [7, 11) is 0.